The van der Waals surface area contributed by atoms with E-state index in [1.54, 1.807) is 0 Å². The Balaban J connectivity index is 0.000000507. The van der Waals surface area contributed by atoms with Gasteiger partial charge in [0.05, 0.1) is 9.79 Å². The zero-order chi connectivity index (χ0) is 14.5. The predicted molar refractivity (Wildman–Crippen MR) is 67.4 cm³/mol. The van der Waals surface area contributed by atoms with E-state index >= 15 is 0 Å². The van der Waals surface area contributed by atoms with Crippen LogP contribution in [0.1, 0.15) is 0 Å². The normalized spacial score (nSPS) is 10.9. The standard InChI is InChI=1S/C6H6O6S2.CH2N4.Na.H/c7-13(8,9)5-2-1-3-6(4-5)14(10,11)12;1-2-4-5-3-1;;/h1-4H,(H,7,8,9)(H,10,11,12);1H,(H,2,3,4,5);;. The number of H-pyrrole nitrogens is 1. The molecule has 1 aromatic carbocycles. The van der Waals surface area contributed by atoms with E-state index in [9.17, 15) is 16.8 Å². The maximum Gasteiger partial charge on any atom is 0.161 e. The van der Waals surface area contributed by atoms with Crippen molar-refractivity contribution in [2.24, 2.45) is 0 Å². The summed E-state index contributed by atoms with van der Waals surface area (Å²) in [6.45, 7) is 0. The van der Waals surface area contributed by atoms with Gasteiger partial charge in [-0.05, 0) is 18.2 Å². The summed E-state index contributed by atoms with van der Waals surface area (Å²) in [4.78, 5) is -1.18. The Morgan fingerprint density at radius 1 is 1.00 bits per heavy atom. The van der Waals surface area contributed by atoms with E-state index in [0.717, 1.165) is 18.2 Å². The maximum atomic E-state index is 10.6. The third kappa shape index (κ3) is 6.51. The van der Waals surface area contributed by atoms with Crippen LogP contribution >= 0.6 is 0 Å². The van der Waals surface area contributed by atoms with Crippen LogP contribution in [0.3, 0.4) is 0 Å². The van der Waals surface area contributed by atoms with E-state index in [2.05, 4.69) is 20.6 Å². The van der Waals surface area contributed by atoms with Gasteiger partial charge in [0.1, 0.15) is 0 Å². The summed E-state index contributed by atoms with van der Waals surface area (Å²) < 4.78 is 59.5. The first-order chi connectivity index (χ1) is 8.71. The Kier molecular flexibility index (Phi) is 7.43. The van der Waals surface area contributed by atoms with Gasteiger partial charge in [-0.15, -0.1) is 10.2 Å². The maximum absolute atomic E-state index is 10.6. The molecular formula is C7H9N4NaO6S2. The van der Waals surface area contributed by atoms with E-state index in [-0.39, 0.29) is 29.6 Å². The molecule has 20 heavy (non-hydrogen) atoms. The minimum atomic E-state index is -4.46. The minimum Gasteiger partial charge on any atom is -0.177 e. The molecule has 0 fully saturated rings. The third-order valence-corrected chi connectivity index (χ3v) is 3.37. The molecule has 10 nitrogen and oxygen atoms in total. The van der Waals surface area contributed by atoms with Crippen molar-refractivity contribution in [3.63, 3.8) is 0 Å². The fourth-order valence-electron chi connectivity index (χ4n) is 0.924. The predicted octanol–water partition coefficient (Wildman–Crippen LogP) is -1.27. The third-order valence-electron chi connectivity index (χ3n) is 1.67. The number of hydrogen-bond donors (Lipinski definition) is 3. The molecule has 106 valence electrons. The first-order valence-corrected chi connectivity index (χ1v) is 7.31. The number of aromatic amines is 1. The Labute approximate surface area is 136 Å². The summed E-state index contributed by atoms with van der Waals surface area (Å²) >= 11 is 0. The van der Waals surface area contributed by atoms with Gasteiger partial charge in [0, 0.05) is 0 Å². The fourth-order valence-corrected chi connectivity index (χ4v) is 2.05. The van der Waals surface area contributed by atoms with E-state index in [0.29, 0.717) is 6.07 Å². The van der Waals surface area contributed by atoms with Crippen molar-refractivity contribution in [3.8, 4) is 0 Å². The molecule has 1 aromatic heterocycles. The average molecular weight is 332 g/mol. The second-order valence-electron chi connectivity index (χ2n) is 2.99. The van der Waals surface area contributed by atoms with Gasteiger partial charge in [-0.25, -0.2) is 0 Å². The molecule has 13 heteroatoms. The summed E-state index contributed by atoms with van der Waals surface area (Å²) in [5, 5.41) is 12.2. The molecule has 0 saturated heterocycles. The molecular weight excluding hydrogens is 323 g/mol. The zero-order valence-corrected chi connectivity index (χ0v) is 10.7. The Morgan fingerprint density at radius 2 is 1.50 bits per heavy atom. The molecule has 1 heterocycles. The number of nitrogens with one attached hydrogen (secondary N) is 1. The van der Waals surface area contributed by atoms with Crippen LogP contribution in [-0.4, -0.2) is 76.1 Å². The molecule has 0 aliphatic carbocycles. The van der Waals surface area contributed by atoms with Crippen LogP contribution < -0.4 is 0 Å². The average Bonchev–Trinajstić information content (AvgIpc) is 2.85. The summed E-state index contributed by atoms with van der Waals surface area (Å²) in [6.07, 6.45) is 1.33. The number of aromatic nitrogens is 4. The number of nitrogens with zero attached hydrogens (tertiary/aromatic N) is 3. The summed E-state index contributed by atoms with van der Waals surface area (Å²) in [5.41, 5.74) is 0. The first-order valence-electron chi connectivity index (χ1n) is 4.43. The molecule has 0 bridgehead atoms. The molecule has 0 aliphatic heterocycles. The monoisotopic (exact) mass is 332 g/mol. The van der Waals surface area contributed by atoms with Crippen molar-refractivity contribution in [3.05, 3.63) is 30.6 Å². The number of rotatable bonds is 2. The SMILES string of the molecule is O=S(=O)(O)c1cccc(S(=O)(=O)O)c1.[NaH].c1nn[nH]n1. The molecule has 2 aromatic rings. The van der Waals surface area contributed by atoms with Crippen molar-refractivity contribution in [2.75, 3.05) is 0 Å². The number of benzene rings is 1. The van der Waals surface area contributed by atoms with Crippen molar-refractivity contribution in [1.82, 2.24) is 20.6 Å². The van der Waals surface area contributed by atoms with Crippen molar-refractivity contribution >= 4 is 49.8 Å². The van der Waals surface area contributed by atoms with Gasteiger partial charge in [-0.3, -0.25) is 9.11 Å². The first kappa shape index (κ1) is 19.1. The van der Waals surface area contributed by atoms with Crippen LogP contribution in [0.2, 0.25) is 0 Å². The molecule has 2 rings (SSSR count). The van der Waals surface area contributed by atoms with Gasteiger partial charge in [-0.2, -0.15) is 22.0 Å². The molecule has 0 saturated carbocycles. The van der Waals surface area contributed by atoms with Crippen molar-refractivity contribution in [1.29, 1.82) is 0 Å². The second kappa shape index (κ2) is 7.78. The Bertz CT molecular complexity index is 666. The summed E-state index contributed by atoms with van der Waals surface area (Å²) in [5.74, 6) is 0. The number of tetrazole rings is 1. The van der Waals surface area contributed by atoms with Gasteiger partial charge in [0.25, 0.3) is 20.2 Å². The van der Waals surface area contributed by atoms with Crippen LogP contribution in [0.25, 0.3) is 0 Å². The molecule has 0 radical (unpaired) electrons. The van der Waals surface area contributed by atoms with E-state index in [1.165, 1.54) is 6.33 Å². The quantitative estimate of drug-likeness (QED) is 0.449. The molecule has 0 atom stereocenters. The van der Waals surface area contributed by atoms with Gasteiger partial charge >= 0.3 is 29.6 Å². The van der Waals surface area contributed by atoms with Gasteiger partial charge in [0.2, 0.25) is 0 Å². The van der Waals surface area contributed by atoms with E-state index in [1.807, 2.05) is 0 Å². The van der Waals surface area contributed by atoms with Crippen LogP contribution in [-0.2, 0) is 20.2 Å². The molecule has 0 aliphatic rings. The van der Waals surface area contributed by atoms with Crippen LogP contribution in [0, 0.1) is 0 Å². The summed E-state index contributed by atoms with van der Waals surface area (Å²) in [7, 11) is -8.92. The molecule has 3 N–H and O–H groups in total. The smallest absolute Gasteiger partial charge is 0.161 e. The zero-order valence-electron chi connectivity index (χ0n) is 9.07. The molecule has 0 spiro atoms. The van der Waals surface area contributed by atoms with Crippen molar-refractivity contribution < 1.29 is 25.9 Å². The minimum absolute atomic E-state index is 0. The number of hydrogen-bond acceptors (Lipinski definition) is 7. The van der Waals surface area contributed by atoms with Crippen LogP contribution in [0.4, 0.5) is 0 Å². The largest absolute Gasteiger partial charge is 0.177 e. The Hall–Kier alpha value is -0.890. The summed E-state index contributed by atoms with van der Waals surface area (Å²) in [6, 6.07) is 3.75. The van der Waals surface area contributed by atoms with E-state index in [4.69, 9.17) is 9.11 Å². The van der Waals surface area contributed by atoms with Crippen LogP contribution in [0.5, 0.6) is 0 Å². The van der Waals surface area contributed by atoms with Gasteiger partial charge < -0.3 is 0 Å². The second-order valence-corrected chi connectivity index (χ2v) is 5.83. The van der Waals surface area contributed by atoms with Gasteiger partial charge in [0.15, 0.2) is 6.33 Å². The Morgan fingerprint density at radius 3 is 1.75 bits per heavy atom. The van der Waals surface area contributed by atoms with E-state index < -0.39 is 30.0 Å². The van der Waals surface area contributed by atoms with Crippen LogP contribution in [0.15, 0.2) is 40.4 Å². The fraction of sp³-hybridized carbons (Fsp3) is 0. The van der Waals surface area contributed by atoms with Gasteiger partial charge in [-0.1, -0.05) is 11.3 Å². The van der Waals surface area contributed by atoms with Crippen molar-refractivity contribution in [2.45, 2.75) is 9.79 Å². The molecule has 0 unspecified atom stereocenters. The topological polar surface area (TPSA) is 163 Å². The molecule has 0 amide bonds.